The first kappa shape index (κ1) is 18.4. The molecule has 1 aliphatic heterocycles. The number of rotatable bonds is 6. The predicted molar refractivity (Wildman–Crippen MR) is 99.3 cm³/mol. The third-order valence-electron chi connectivity index (χ3n) is 4.27. The molecule has 0 saturated heterocycles. The SMILES string of the molecule is COc1ccc([C@@H](CNC(=O)c2cc(Cl)c3c(c2)OCO3)N(C)C)cc1. The average molecular weight is 377 g/mol. The van der Waals surface area contributed by atoms with Gasteiger partial charge in [-0.05, 0) is 43.9 Å². The smallest absolute Gasteiger partial charge is 0.251 e. The molecule has 1 heterocycles. The van der Waals surface area contributed by atoms with E-state index in [9.17, 15) is 4.79 Å². The lowest BCUT2D eigenvalue weighted by atomic mass is 10.1. The molecule has 0 spiro atoms. The van der Waals surface area contributed by atoms with Crippen molar-refractivity contribution in [2.75, 3.05) is 34.5 Å². The van der Waals surface area contributed by atoms with E-state index in [1.165, 1.54) is 0 Å². The van der Waals surface area contributed by atoms with Gasteiger partial charge in [0.25, 0.3) is 5.91 Å². The van der Waals surface area contributed by atoms with Gasteiger partial charge < -0.3 is 24.4 Å². The molecule has 2 aromatic rings. The molecule has 7 heteroatoms. The number of fused-ring (bicyclic) bond motifs is 1. The summed E-state index contributed by atoms with van der Waals surface area (Å²) in [5.41, 5.74) is 1.52. The standard InChI is InChI=1S/C19H21ClN2O4/c1-22(2)16(12-4-6-14(24-3)7-5-12)10-21-19(23)13-8-15(20)18-17(9-13)25-11-26-18/h4-9,16H,10-11H2,1-3H3,(H,21,23)/t16-/m1/s1. The number of hydrogen-bond acceptors (Lipinski definition) is 5. The molecule has 0 unspecified atom stereocenters. The quantitative estimate of drug-likeness (QED) is 0.839. The summed E-state index contributed by atoms with van der Waals surface area (Å²) in [5, 5.41) is 3.32. The molecule has 1 aliphatic rings. The zero-order valence-corrected chi connectivity index (χ0v) is 15.7. The minimum absolute atomic E-state index is 0.0225. The molecule has 2 aromatic carbocycles. The molecule has 0 bridgehead atoms. The van der Waals surface area contributed by atoms with E-state index >= 15 is 0 Å². The van der Waals surface area contributed by atoms with E-state index in [0.717, 1.165) is 11.3 Å². The van der Waals surface area contributed by atoms with Gasteiger partial charge >= 0.3 is 0 Å². The maximum Gasteiger partial charge on any atom is 0.251 e. The summed E-state index contributed by atoms with van der Waals surface area (Å²) in [7, 11) is 5.58. The third-order valence-corrected chi connectivity index (χ3v) is 4.55. The molecule has 1 amide bonds. The first-order valence-electron chi connectivity index (χ1n) is 8.17. The van der Waals surface area contributed by atoms with E-state index in [2.05, 4.69) is 10.2 Å². The predicted octanol–water partition coefficient (Wildman–Crippen LogP) is 3.11. The normalized spacial score (nSPS) is 13.6. The number of benzene rings is 2. The number of halogens is 1. The van der Waals surface area contributed by atoms with Crippen molar-refractivity contribution in [1.82, 2.24) is 10.2 Å². The molecular weight excluding hydrogens is 356 g/mol. The van der Waals surface area contributed by atoms with Crippen molar-refractivity contribution in [3.8, 4) is 17.2 Å². The molecule has 138 valence electrons. The molecule has 26 heavy (non-hydrogen) atoms. The number of amides is 1. The molecule has 0 fully saturated rings. The maximum absolute atomic E-state index is 12.6. The Bertz CT molecular complexity index is 793. The van der Waals surface area contributed by atoms with Crippen LogP contribution in [0.5, 0.6) is 17.2 Å². The van der Waals surface area contributed by atoms with Crippen LogP contribution in [0.2, 0.25) is 5.02 Å². The Kier molecular flexibility index (Phi) is 5.54. The van der Waals surface area contributed by atoms with Crippen molar-refractivity contribution in [2.24, 2.45) is 0 Å². The monoisotopic (exact) mass is 376 g/mol. The molecule has 0 aromatic heterocycles. The Labute approximate surface area is 157 Å². The summed E-state index contributed by atoms with van der Waals surface area (Å²) in [5.74, 6) is 1.55. The van der Waals surface area contributed by atoms with E-state index in [0.29, 0.717) is 28.6 Å². The molecule has 6 nitrogen and oxygen atoms in total. The molecular formula is C19H21ClN2O4. The highest BCUT2D eigenvalue weighted by atomic mass is 35.5. The Hall–Kier alpha value is -2.44. The second-order valence-electron chi connectivity index (χ2n) is 6.15. The third kappa shape index (κ3) is 3.86. The summed E-state index contributed by atoms with van der Waals surface area (Å²) >= 11 is 6.15. The number of ether oxygens (including phenoxy) is 3. The van der Waals surface area contributed by atoms with Crippen LogP contribution in [0.25, 0.3) is 0 Å². The van der Waals surface area contributed by atoms with Gasteiger partial charge in [-0.1, -0.05) is 23.7 Å². The zero-order chi connectivity index (χ0) is 18.7. The Morgan fingerprint density at radius 1 is 1.27 bits per heavy atom. The van der Waals surface area contributed by atoms with Crippen molar-refractivity contribution < 1.29 is 19.0 Å². The van der Waals surface area contributed by atoms with Crippen LogP contribution in [0.1, 0.15) is 22.0 Å². The molecule has 1 atom stereocenters. The number of nitrogens with one attached hydrogen (secondary N) is 1. The van der Waals surface area contributed by atoms with E-state index in [-0.39, 0.29) is 18.7 Å². The summed E-state index contributed by atoms with van der Waals surface area (Å²) in [6.07, 6.45) is 0. The summed E-state index contributed by atoms with van der Waals surface area (Å²) in [6, 6.07) is 11.1. The van der Waals surface area contributed by atoms with E-state index < -0.39 is 0 Å². The highest BCUT2D eigenvalue weighted by Crippen LogP contribution is 2.39. The van der Waals surface area contributed by atoms with Crippen LogP contribution in [0, 0.1) is 0 Å². The molecule has 1 N–H and O–H groups in total. The topological polar surface area (TPSA) is 60.0 Å². The Morgan fingerprint density at radius 2 is 2.00 bits per heavy atom. The summed E-state index contributed by atoms with van der Waals surface area (Å²) in [6.45, 7) is 0.560. The van der Waals surface area contributed by atoms with Crippen LogP contribution < -0.4 is 19.5 Å². The Balaban J connectivity index is 1.71. The van der Waals surface area contributed by atoms with Crippen LogP contribution in [-0.2, 0) is 0 Å². The fourth-order valence-electron chi connectivity index (χ4n) is 2.81. The fourth-order valence-corrected chi connectivity index (χ4v) is 3.08. The van der Waals surface area contributed by atoms with Crippen molar-refractivity contribution >= 4 is 17.5 Å². The molecule has 0 radical (unpaired) electrons. The maximum atomic E-state index is 12.6. The fraction of sp³-hybridized carbons (Fsp3) is 0.316. The lowest BCUT2D eigenvalue weighted by Gasteiger charge is -2.25. The molecule has 3 rings (SSSR count). The average Bonchev–Trinajstić information content (AvgIpc) is 3.11. The number of carbonyl (C=O) groups is 1. The lowest BCUT2D eigenvalue weighted by Crippen LogP contribution is -2.34. The highest BCUT2D eigenvalue weighted by Gasteiger charge is 2.22. The van der Waals surface area contributed by atoms with Gasteiger partial charge in [0, 0.05) is 12.1 Å². The van der Waals surface area contributed by atoms with E-state index in [1.54, 1.807) is 19.2 Å². The number of hydrogen-bond donors (Lipinski definition) is 1. The second-order valence-corrected chi connectivity index (χ2v) is 6.56. The molecule has 0 saturated carbocycles. The first-order chi connectivity index (χ1) is 12.5. The number of likely N-dealkylation sites (N-methyl/N-ethyl adjacent to an activating group) is 1. The molecule has 0 aliphatic carbocycles. The van der Waals surface area contributed by atoms with Crippen molar-refractivity contribution in [3.05, 3.63) is 52.5 Å². The van der Waals surface area contributed by atoms with Gasteiger partial charge in [-0.3, -0.25) is 4.79 Å². The van der Waals surface area contributed by atoms with Crippen LogP contribution in [-0.4, -0.2) is 45.3 Å². The van der Waals surface area contributed by atoms with Crippen LogP contribution in [0.15, 0.2) is 36.4 Å². The van der Waals surface area contributed by atoms with Gasteiger partial charge in [0.15, 0.2) is 11.5 Å². The highest BCUT2D eigenvalue weighted by molar-refractivity contribution is 6.32. The zero-order valence-electron chi connectivity index (χ0n) is 14.9. The van der Waals surface area contributed by atoms with Crippen molar-refractivity contribution in [2.45, 2.75) is 6.04 Å². The van der Waals surface area contributed by atoms with Gasteiger partial charge in [0.05, 0.1) is 18.2 Å². The summed E-state index contributed by atoms with van der Waals surface area (Å²) < 4.78 is 15.8. The number of carbonyl (C=O) groups excluding carboxylic acids is 1. The first-order valence-corrected chi connectivity index (χ1v) is 8.55. The minimum atomic E-state index is -0.217. The van der Waals surface area contributed by atoms with Gasteiger partial charge in [0.2, 0.25) is 6.79 Å². The van der Waals surface area contributed by atoms with Crippen molar-refractivity contribution in [1.29, 1.82) is 0 Å². The minimum Gasteiger partial charge on any atom is -0.497 e. The van der Waals surface area contributed by atoms with Gasteiger partial charge in [-0.25, -0.2) is 0 Å². The van der Waals surface area contributed by atoms with Crippen LogP contribution >= 0.6 is 11.6 Å². The van der Waals surface area contributed by atoms with E-state index in [1.807, 2.05) is 38.4 Å². The summed E-state index contributed by atoms with van der Waals surface area (Å²) in [4.78, 5) is 14.6. The van der Waals surface area contributed by atoms with Crippen LogP contribution in [0.4, 0.5) is 0 Å². The van der Waals surface area contributed by atoms with Gasteiger partial charge in [-0.15, -0.1) is 0 Å². The Morgan fingerprint density at radius 3 is 2.65 bits per heavy atom. The van der Waals surface area contributed by atoms with E-state index in [4.69, 9.17) is 25.8 Å². The largest absolute Gasteiger partial charge is 0.497 e. The van der Waals surface area contributed by atoms with Gasteiger partial charge in [-0.2, -0.15) is 0 Å². The number of nitrogens with zero attached hydrogens (tertiary/aromatic N) is 1. The van der Waals surface area contributed by atoms with Crippen molar-refractivity contribution in [3.63, 3.8) is 0 Å². The lowest BCUT2D eigenvalue weighted by molar-refractivity contribution is 0.0941. The number of methoxy groups -OCH3 is 1. The van der Waals surface area contributed by atoms with Crippen LogP contribution in [0.3, 0.4) is 0 Å². The second kappa shape index (κ2) is 7.85. The van der Waals surface area contributed by atoms with Gasteiger partial charge in [0.1, 0.15) is 5.75 Å².